The fourth-order valence-electron chi connectivity index (χ4n) is 2.40. The molecule has 1 amide bonds. The van der Waals surface area contributed by atoms with Gasteiger partial charge in [0.2, 0.25) is 5.91 Å². The van der Waals surface area contributed by atoms with Gasteiger partial charge in [0.25, 0.3) is 0 Å². The topological polar surface area (TPSA) is 50.4 Å². The Kier molecular flexibility index (Phi) is 7.28. The molecular weight excluding hydrogens is 228 g/mol. The molecule has 0 radical (unpaired) electrons. The number of rotatable bonds is 8. The summed E-state index contributed by atoms with van der Waals surface area (Å²) in [6, 6.07) is 0.435. The highest BCUT2D eigenvalue weighted by Gasteiger charge is 2.33. The molecule has 0 aliphatic carbocycles. The Morgan fingerprint density at radius 2 is 2.11 bits per heavy atom. The van der Waals surface area contributed by atoms with Gasteiger partial charge >= 0.3 is 0 Å². The molecule has 0 aromatic carbocycles. The molecule has 1 heterocycles. The van der Waals surface area contributed by atoms with Gasteiger partial charge in [-0.3, -0.25) is 4.79 Å². The molecule has 0 spiro atoms. The lowest BCUT2D eigenvalue weighted by molar-refractivity contribution is -0.126. The maximum atomic E-state index is 12.1. The average Bonchev–Trinajstić information content (AvgIpc) is 2.83. The molecule has 0 bridgehead atoms. The van der Waals surface area contributed by atoms with Crippen molar-refractivity contribution in [1.29, 1.82) is 0 Å². The van der Waals surface area contributed by atoms with Crippen LogP contribution < -0.4 is 10.6 Å². The third-order valence-corrected chi connectivity index (χ3v) is 3.67. The van der Waals surface area contributed by atoms with Crippen LogP contribution in [-0.4, -0.2) is 38.3 Å². The van der Waals surface area contributed by atoms with E-state index in [0.717, 1.165) is 6.42 Å². The quantitative estimate of drug-likeness (QED) is 0.650. The van der Waals surface area contributed by atoms with E-state index >= 15 is 0 Å². The van der Waals surface area contributed by atoms with Crippen molar-refractivity contribution in [1.82, 2.24) is 10.6 Å². The van der Waals surface area contributed by atoms with Crippen molar-refractivity contribution < 1.29 is 9.53 Å². The van der Waals surface area contributed by atoms with Gasteiger partial charge in [-0.1, -0.05) is 32.6 Å². The number of carbonyl (C=O) groups excluding carboxylic acids is 1. The minimum atomic E-state index is -0.0342. The van der Waals surface area contributed by atoms with Crippen LogP contribution in [0.5, 0.6) is 0 Å². The van der Waals surface area contributed by atoms with Crippen molar-refractivity contribution in [2.75, 3.05) is 20.3 Å². The lowest BCUT2D eigenvalue weighted by atomic mass is 10.0. The first kappa shape index (κ1) is 15.4. The second kappa shape index (κ2) is 8.48. The van der Waals surface area contributed by atoms with E-state index in [-0.39, 0.29) is 23.9 Å². The monoisotopic (exact) mass is 256 g/mol. The third kappa shape index (κ3) is 4.94. The summed E-state index contributed by atoms with van der Waals surface area (Å²) in [5, 5.41) is 6.25. The Balaban J connectivity index is 2.22. The Morgan fingerprint density at radius 1 is 1.33 bits per heavy atom. The smallest absolute Gasteiger partial charge is 0.227 e. The highest BCUT2D eigenvalue weighted by atomic mass is 16.5. The summed E-state index contributed by atoms with van der Waals surface area (Å²) in [7, 11) is 1.88. The summed E-state index contributed by atoms with van der Waals surface area (Å²) in [6.07, 6.45) is 6.08. The Bertz CT molecular complexity index is 246. The average molecular weight is 256 g/mol. The number of hydrogen-bond donors (Lipinski definition) is 2. The van der Waals surface area contributed by atoms with Crippen LogP contribution in [0.1, 0.15) is 46.0 Å². The second-order valence-electron chi connectivity index (χ2n) is 5.30. The number of amides is 1. The first-order valence-electron chi connectivity index (χ1n) is 7.24. The largest absolute Gasteiger partial charge is 0.379 e. The first-order chi connectivity index (χ1) is 8.69. The maximum Gasteiger partial charge on any atom is 0.227 e. The standard InChI is InChI=1S/C14H28N2O2/c1-4-5-6-7-8-11(2)16-14(17)12-9-18-10-13(12)15-3/h11-13,15H,4-10H2,1-3H3,(H,16,17). The van der Waals surface area contributed by atoms with Crippen LogP contribution in [0.15, 0.2) is 0 Å². The van der Waals surface area contributed by atoms with Gasteiger partial charge < -0.3 is 15.4 Å². The van der Waals surface area contributed by atoms with E-state index in [1.54, 1.807) is 0 Å². The Morgan fingerprint density at radius 3 is 2.78 bits per heavy atom. The van der Waals surface area contributed by atoms with E-state index in [9.17, 15) is 4.79 Å². The minimum Gasteiger partial charge on any atom is -0.379 e. The SMILES string of the molecule is CCCCCCC(C)NC(=O)C1COCC1NC. The zero-order valence-corrected chi connectivity index (χ0v) is 12.0. The van der Waals surface area contributed by atoms with E-state index in [4.69, 9.17) is 4.74 Å². The summed E-state index contributed by atoms with van der Waals surface area (Å²) >= 11 is 0. The third-order valence-electron chi connectivity index (χ3n) is 3.67. The zero-order chi connectivity index (χ0) is 13.4. The molecule has 0 aromatic rings. The molecule has 1 aliphatic rings. The molecule has 2 N–H and O–H groups in total. The number of ether oxygens (including phenoxy) is 1. The van der Waals surface area contributed by atoms with E-state index in [0.29, 0.717) is 13.2 Å². The van der Waals surface area contributed by atoms with Gasteiger partial charge in [-0.2, -0.15) is 0 Å². The van der Waals surface area contributed by atoms with E-state index < -0.39 is 0 Å². The number of hydrogen-bond acceptors (Lipinski definition) is 3. The highest BCUT2D eigenvalue weighted by Crippen LogP contribution is 2.14. The second-order valence-corrected chi connectivity index (χ2v) is 5.30. The van der Waals surface area contributed by atoms with Crippen molar-refractivity contribution in [3.63, 3.8) is 0 Å². The van der Waals surface area contributed by atoms with Gasteiger partial charge in [-0.25, -0.2) is 0 Å². The van der Waals surface area contributed by atoms with Crippen molar-refractivity contribution >= 4 is 5.91 Å². The number of likely N-dealkylation sites (N-methyl/N-ethyl adjacent to an activating group) is 1. The molecule has 3 atom stereocenters. The highest BCUT2D eigenvalue weighted by molar-refractivity contribution is 5.80. The predicted molar refractivity (Wildman–Crippen MR) is 73.5 cm³/mol. The number of unbranched alkanes of at least 4 members (excludes halogenated alkanes) is 3. The molecular formula is C14H28N2O2. The summed E-state index contributed by atoms with van der Waals surface area (Å²) in [5.41, 5.74) is 0. The zero-order valence-electron chi connectivity index (χ0n) is 12.0. The summed E-state index contributed by atoms with van der Waals surface area (Å²) in [4.78, 5) is 12.1. The van der Waals surface area contributed by atoms with Crippen LogP contribution in [0.3, 0.4) is 0 Å². The van der Waals surface area contributed by atoms with Crippen LogP contribution in [-0.2, 0) is 9.53 Å². The van der Waals surface area contributed by atoms with Gasteiger partial charge in [0.05, 0.1) is 19.1 Å². The summed E-state index contributed by atoms with van der Waals surface area (Å²) in [5.74, 6) is 0.0999. The summed E-state index contributed by atoms with van der Waals surface area (Å²) < 4.78 is 5.35. The van der Waals surface area contributed by atoms with Crippen molar-refractivity contribution in [3.05, 3.63) is 0 Å². The molecule has 0 saturated carbocycles. The molecule has 3 unspecified atom stereocenters. The van der Waals surface area contributed by atoms with Crippen LogP contribution >= 0.6 is 0 Å². The van der Waals surface area contributed by atoms with Gasteiger partial charge in [0, 0.05) is 12.1 Å². The predicted octanol–water partition coefficient (Wildman–Crippen LogP) is 1.70. The van der Waals surface area contributed by atoms with Gasteiger partial charge in [0.15, 0.2) is 0 Å². The number of nitrogens with one attached hydrogen (secondary N) is 2. The minimum absolute atomic E-state index is 0.0342. The van der Waals surface area contributed by atoms with Crippen LogP contribution in [0, 0.1) is 5.92 Å². The fourth-order valence-corrected chi connectivity index (χ4v) is 2.40. The van der Waals surface area contributed by atoms with Crippen LogP contribution in [0.25, 0.3) is 0 Å². The van der Waals surface area contributed by atoms with Gasteiger partial charge in [-0.05, 0) is 20.4 Å². The first-order valence-corrected chi connectivity index (χ1v) is 7.24. The molecule has 18 heavy (non-hydrogen) atoms. The van der Waals surface area contributed by atoms with Crippen LogP contribution in [0.4, 0.5) is 0 Å². The molecule has 4 nitrogen and oxygen atoms in total. The molecule has 106 valence electrons. The maximum absolute atomic E-state index is 12.1. The van der Waals surface area contributed by atoms with Crippen molar-refractivity contribution in [3.8, 4) is 0 Å². The Labute approximate surface area is 111 Å². The van der Waals surface area contributed by atoms with Gasteiger partial charge in [0.1, 0.15) is 0 Å². The van der Waals surface area contributed by atoms with Gasteiger partial charge in [-0.15, -0.1) is 0 Å². The summed E-state index contributed by atoms with van der Waals surface area (Å²) in [6.45, 7) is 5.48. The fraction of sp³-hybridized carbons (Fsp3) is 0.929. The molecule has 0 aromatic heterocycles. The van der Waals surface area contributed by atoms with E-state index in [2.05, 4.69) is 24.5 Å². The number of carbonyl (C=O) groups is 1. The molecule has 1 fully saturated rings. The molecule has 1 rings (SSSR count). The Hall–Kier alpha value is -0.610. The molecule has 1 saturated heterocycles. The van der Waals surface area contributed by atoms with Crippen molar-refractivity contribution in [2.24, 2.45) is 5.92 Å². The van der Waals surface area contributed by atoms with E-state index in [1.165, 1.54) is 25.7 Å². The van der Waals surface area contributed by atoms with Crippen LogP contribution in [0.2, 0.25) is 0 Å². The normalized spacial score (nSPS) is 25.1. The lowest BCUT2D eigenvalue weighted by Gasteiger charge is -2.20. The molecule has 1 aliphatic heterocycles. The molecule has 4 heteroatoms. The van der Waals surface area contributed by atoms with Crippen molar-refractivity contribution in [2.45, 2.75) is 58.0 Å². The lowest BCUT2D eigenvalue weighted by Crippen LogP contribution is -2.45. The van der Waals surface area contributed by atoms with E-state index in [1.807, 2.05) is 7.05 Å².